The van der Waals surface area contributed by atoms with Crippen molar-refractivity contribution in [3.05, 3.63) is 0 Å². The van der Waals surface area contributed by atoms with Gasteiger partial charge in [-0.15, -0.1) is 0 Å². The maximum Gasteiger partial charge on any atom is 0.226 e. The van der Waals surface area contributed by atoms with E-state index in [9.17, 15) is 4.79 Å². The van der Waals surface area contributed by atoms with Gasteiger partial charge in [-0.25, -0.2) is 10.9 Å². The number of piperidine rings is 1. The molecule has 5 aliphatic rings. The van der Waals surface area contributed by atoms with Crippen LogP contribution in [0.2, 0.25) is 0 Å². The predicted molar refractivity (Wildman–Crippen MR) is 110 cm³/mol. The third-order valence-corrected chi connectivity index (χ3v) is 8.61. The van der Waals surface area contributed by atoms with E-state index in [1.807, 2.05) is 0 Å². The summed E-state index contributed by atoms with van der Waals surface area (Å²) < 4.78 is 0. The number of carbonyl (C=O) groups is 1. The first-order valence-corrected chi connectivity index (χ1v) is 11.8. The van der Waals surface area contributed by atoms with Crippen LogP contribution < -0.4 is 16.2 Å². The molecule has 0 spiro atoms. The highest BCUT2D eigenvalue weighted by molar-refractivity contribution is 5.82. The van der Waals surface area contributed by atoms with Gasteiger partial charge in [-0.2, -0.15) is 0 Å². The molecule has 28 heavy (non-hydrogen) atoms. The minimum absolute atomic E-state index is 0.312. The molecule has 0 aromatic carbocycles. The van der Waals surface area contributed by atoms with Crippen LogP contribution in [-0.2, 0) is 4.79 Å². The fourth-order valence-corrected chi connectivity index (χ4v) is 6.69. The van der Waals surface area contributed by atoms with Crippen LogP contribution in [0.4, 0.5) is 0 Å². The number of hydrogen-bond donors (Lipinski definition) is 3. The fourth-order valence-electron chi connectivity index (χ4n) is 6.69. The number of fused-ring (bicyclic) bond motifs is 1. The monoisotopic (exact) mass is 389 g/mol. The third-order valence-electron chi connectivity index (χ3n) is 8.61. The number of amides is 1. The molecular formula is C22H39N5O. The van der Waals surface area contributed by atoms with Gasteiger partial charge in [0.1, 0.15) is 0 Å². The molecule has 6 unspecified atom stereocenters. The molecule has 1 amide bonds. The standard InChI is InChI=1S/C22H39N5O/c1-14(10-20-25-24-13-26(20)2)16-4-3-5-17(11-16)27-12-19-18(22(27)28)8-9-23-21(19)15-6-7-15/h14-21,23-25H,3-13H2,1-2H3/t14-,16?,17?,18?,19?,20?,21?/m1/s1. The van der Waals surface area contributed by atoms with Gasteiger partial charge in [0.15, 0.2) is 0 Å². The van der Waals surface area contributed by atoms with E-state index in [1.165, 1.54) is 44.9 Å². The number of hydrazine groups is 1. The number of likely N-dealkylation sites (tertiary alicyclic amines) is 1. The predicted octanol–water partition coefficient (Wildman–Crippen LogP) is 1.74. The average Bonchev–Trinajstić information content (AvgIpc) is 3.40. The molecule has 0 aromatic rings. The smallest absolute Gasteiger partial charge is 0.226 e. The minimum atomic E-state index is 0.312. The zero-order chi connectivity index (χ0) is 19.3. The summed E-state index contributed by atoms with van der Waals surface area (Å²) in [5.74, 6) is 3.69. The van der Waals surface area contributed by atoms with Crippen LogP contribution in [-0.4, -0.2) is 60.8 Å². The van der Waals surface area contributed by atoms with Gasteiger partial charge in [-0.1, -0.05) is 19.8 Å². The molecule has 2 saturated carbocycles. The largest absolute Gasteiger partial charge is 0.339 e. The van der Waals surface area contributed by atoms with Crippen molar-refractivity contribution in [3.8, 4) is 0 Å². The Labute approximate surface area is 170 Å². The Balaban J connectivity index is 1.22. The summed E-state index contributed by atoms with van der Waals surface area (Å²) in [7, 11) is 2.18. The Morgan fingerprint density at radius 1 is 1.18 bits per heavy atom. The van der Waals surface area contributed by atoms with Gasteiger partial charge in [0, 0.05) is 30.5 Å². The van der Waals surface area contributed by atoms with Crippen LogP contribution in [0.5, 0.6) is 0 Å². The van der Waals surface area contributed by atoms with Gasteiger partial charge in [-0.3, -0.25) is 9.69 Å². The van der Waals surface area contributed by atoms with Gasteiger partial charge >= 0.3 is 0 Å². The van der Waals surface area contributed by atoms with E-state index in [1.54, 1.807) is 0 Å². The summed E-state index contributed by atoms with van der Waals surface area (Å²) in [5, 5.41) is 3.77. The molecule has 3 aliphatic heterocycles. The summed E-state index contributed by atoms with van der Waals surface area (Å²) in [5.41, 5.74) is 6.66. The molecule has 3 N–H and O–H groups in total. The van der Waals surface area contributed by atoms with E-state index in [0.717, 1.165) is 38.0 Å². The number of nitrogens with zero attached hydrogens (tertiary/aromatic N) is 2. The summed E-state index contributed by atoms with van der Waals surface area (Å²) in [6.07, 6.45) is 10.5. The van der Waals surface area contributed by atoms with Crippen LogP contribution in [0.3, 0.4) is 0 Å². The summed E-state index contributed by atoms with van der Waals surface area (Å²) in [6.45, 7) is 5.42. The number of rotatable bonds is 5. The molecule has 0 aromatic heterocycles. The van der Waals surface area contributed by atoms with Gasteiger partial charge in [0.25, 0.3) is 0 Å². The zero-order valence-electron chi connectivity index (χ0n) is 17.7. The number of nitrogens with one attached hydrogen (secondary N) is 3. The lowest BCUT2D eigenvalue weighted by Crippen LogP contribution is -2.47. The molecule has 0 radical (unpaired) electrons. The van der Waals surface area contributed by atoms with Crippen molar-refractivity contribution < 1.29 is 4.79 Å². The fraction of sp³-hybridized carbons (Fsp3) is 0.955. The lowest BCUT2D eigenvalue weighted by atomic mass is 9.76. The van der Waals surface area contributed by atoms with E-state index >= 15 is 0 Å². The molecular weight excluding hydrogens is 350 g/mol. The molecule has 0 bridgehead atoms. The first kappa shape index (κ1) is 19.3. The van der Waals surface area contributed by atoms with Crippen molar-refractivity contribution in [2.75, 3.05) is 26.8 Å². The Hall–Kier alpha value is -0.690. The van der Waals surface area contributed by atoms with Crippen LogP contribution in [0.1, 0.15) is 58.3 Å². The molecule has 5 rings (SSSR count). The second-order valence-corrected chi connectivity index (χ2v) is 10.4. The first-order valence-electron chi connectivity index (χ1n) is 11.8. The highest BCUT2D eigenvalue weighted by atomic mass is 16.2. The van der Waals surface area contributed by atoms with E-state index < -0.39 is 0 Å². The molecule has 6 nitrogen and oxygen atoms in total. The molecule has 7 atom stereocenters. The van der Waals surface area contributed by atoms with Crippen molar-refractivity contribution in [3.63, 3.8) is 0 Å². The highest BCUT2D eigenvalue weighted by Crippen LogP contribution is 2.45. The topological polar surface area (TPSA) is 59.6 Å². The second kappa shape index (κ2) is 7.86. The van der Waals surface area contributed by atoms with Crippen molar-refractivity contribution in [2.24, 2.45) is 29.6 Å². The molecule has 2 aliphatic carbocycles. The van der Waals surface area contributed by atoms with Crippen molar-refractivity contribution >= 4 is 5.91 Å². The molecule has 3 heterocycles. The average molecular weight is 390 g/mol. The minimum Gasteiger partial charge on any atom is -0.339 e. The summed E-state index contributed by atoms with van der Waals surface area (Å²) >= 11 is 0. The number of hydrogen-bond acceptors (Lipinski definition) is 5. The van der Waals surface area contributed by atoms with Gasteiger partial charge < -0.3 is 10.2 Å². The maximum absolute atomic E-state index is 13.3. The van der Waals surface area contributed by atoms with Crippen molar-refractivity contribution in [2.45, 2.75) is 76.5 Å². The van der Waals surface area contributed by atoms with E-state index in [2.05, 4.69) is 39.9 Å². The Morgan fingerprint density at radius 2 is 2.04 bits per heavy atom. The second-order valence-electron chi connectivity index (χ2n) is 10.4. The first-order chi connectivity index (χ1) is 13.6. The highest BCUT2D eigenvalue weighted by Gasteiger charge is 2.51. The normalized spacial score (nSPS) is 43.4. The van der Waals surface area contributed by atoms with Crippen LogP contribution in [0.25, 0.3) is 0 Å². The SMILES string of the molecule is C[C@H](CC1NNCN1C)C1CCCC(N2CC3C(CCNC3C3CC3)C2=O)C1. The van der Waals surface area contributed by atoms with Crippen molar-refractivity contribution in [1.29, 1.82) is 0 Å². The molecule has 6 heteroatoms. The van der Waals surface area contributed by atoms with Crippen LogP contribution in [0.15, 0.2) is 0 Å². The van der Waals surface area contributed by atoms with E-state index in [-0.39, 0.29) is 0 Å². The van der Waals surface area contributed by atoms with Gasteiger partial charge in [0.05, 0.1) is 12.8 Å². The Bertz CT molecular complexity index is 581. The summed E-state index contributed by atoms with van der Waals surface area (Å²) in [4.78, 5) is 18.0. The van der Waals surface area contributed by atoms with Crippen molar-refractivity contribution in [1.82, 2.24) is 26.0 Å². The molecule has 3 saturated heterocycles. The summed E-state index contributed by atoms with van der Waals surface area (Å²) in [6, 6.07) is 1.11. The third kappa shape index (κ3) is 3.62. The van der Waals surface area contributed by atoms with Gasteiger partial charge in [-0.05, 0) is 69.9 Å². The zero-order valence-corrected chi connectivity index (χ0v) is 17.7. The maximum atomic E-state index is 13.3. The van der Waals surface area contributed by atoms with Crippen LogP contribution in [0, 0.1) is 29.6 Å². The quantitative estimate of drug-likeness (QED) is 0.669. The van der Waals surface area contributed by atoms with Crippen LogP contribution >= 0.6 is 0 Å². The lowest BCUT2D eigenvalue weighted by molar-refractivity contribution is -0.134. The molecule has 158 valence electrons. The lowest BCUT2D eigenvalue weighted by Gasteiger charge is -2.39. The van der Waals surface area contributed by atoms with E-state index in [0.29, 0.717) is 41.9 Å². The number of carbonyl (C=O) groups excluding carboxylic acids is 1. The van der Waals surface area contributed by atoms with E-state index in [4.69, 9.17) is 0 Å². The molecule has 5 fully saturated rings. The Morgan fingerprint density at radius 3 is 2.79 bits per heavy atom. The Kier molecular flexibility index (Phi) is 5.41. The van der Waals surface area contributed by atoms with Gasteiger partial charge in [0.2, 0.25) is 5.91 Å².